The Morgan fingerprint density at radius 3 is 2.26 bits per heavy atom. The zero-order valence-electron chi connectivity index (χ0n) is 18.6. The van der Waals surface area contributed by atoms with E-state index in [2.05, 4.69) is 0 Å². The molecule has 7 nitrogen and oxygen atoms in total. The topological polar surface area (TPSA) is 70.2 Å². The van der Waals surface area contributed by atoms with Gasteiger partial charge in [0.2, 0.25) is 0 Å². The molecule has 0 aliphatic carbocycles. The minimum absolute atomic E-state index is 0.0179. The number of nitrogens with zero attached hydrogens (tertiary/aromatic N) is 3. The van der Waals surface area contributed by atoms with E-state index in [4.69, 9.17) is 4.74 Å². The molecule has 0 saturated carbocycles. The predicted molar refractivity (Wildman–Crippen MR) is 117 cm³/mol. The third kappa shape index (κ3) is 4.91. The second kappa shape index (κ2) is 9.46. The van der Waals surface area contributed by atoms with Crippen LogP contribution in [0.3, 0.4) is 0 Å². The van der Waals surface area contributed by atoms with Crippen LogP contribution in [0.25, 0.3) is 0 Å². The maximum atomic E-state index is 13.3. The lowest BCUT2D eigenvalue weighted by molar-refractivity contribution is -0.145. The van der Waals surface area contributed by atoms with Crippen LogP contribution in [0.1, 0.15) is 43.1 Å². The Morgan fingerprint density at radius 1 is 0.971 bits per heavy atom. The third-order valence-corrected chi connectivity index (χ3v) is 5.99. The minimum Gasteiger partial charge on any atom is -0.496 e. The second-order valence-electron chi connectivity index (χ2n) is 8.31. The van der Waals surface area contributed by atoms with E-state index < -0.39 is 24.5 Å². The number of benzene rings is 2. The van der Waals surface area contributed by atoms with E-state index in [1.165, 1.54) is 16.9 Å². The first-order valence-electron chi connectivity index (χ1n) is 10.9. The average Bonchev–Trinajstić information content (AvgIpc) is 2.95. The Kier molecular flexibility index (Phi) is 6.60. The lowest BCUT2D eigenvalue weighted by Crippen LogP contribution is -2.38. The molecule has 0 aromatic heterocycles. The number of carbonyl (C=O) groups excluding carboxylic acids is 3. The summed E-state index contributed by atoms with van der Waals surface area (Å²) >= 11 is 0. The highest BCUT2D eigenvalue weighted by Crippen LogP contribution is 2.27. The van der Waals surface area contributed by atoms with Crippen molar-refractivity contribution >= 4 is 17.7 Å². The number of imide groups is 1. The van der Waals surface area contributed by atoms with Crippen molar-refractivity contribution in [3.05, 3.63) is 64.7 Å². The van der Waals surface area contributed by atoms with Crippen molar-refractivity contribution in [2.24, 2.45) is 0 Å². The molecule has 0 atom stereocenters. The van der Waals surface area contributed by atoms with Gasteiger partial charge < -0.3 is 9.64 Å². The minimum atomic E-state index is -4.29. The molecule has 1 saturated heterocycles. The smallest absolute Gasteiger partial charge is 0.401 e. The summed E-state index contributed by atoms with van der Waals surface area (Å²) < 4.78 is 43.6. The van der Waals surface area contributed by atoms with Crippen molar-refractivity contribution < 1.29 is 32.3 Å². The van der Waals surface area contributed by atoms with Crippen LogP contribution in [0, 0.1) is 0 Å². The number of methoxy groups -OCH3 is 1. The largest absolute Gasteiger partial charge is 0.496 e. The molecule has 0 N–H and O–H groups in total. The second-order valence-corrected chi connectivity index (χ2v) is 8.31. The Morgan fingerprint density at radius 2 is 1.65 bits per heavy atom. The molecule has 3 amide bonds. The Bertz CT molecular complexity index is 1080. The van der Waals surface area contributed by atoms with Gasteiger partial charge in [0.25, 0.3) is 17.7 Å². The van der Waals surface area contributed by atoms with Crippen molar-refractivity contribution in [3.63, 3.8) is 0 Å². The normalized spacial score (nSPS) is 17.1. The number of ether oxygens (including phenoxy) is 1. The van der Waals surface area contributed by atoms with Crippen molar-refractivity contribution in [3.8, 4) is 5.75 Å². The quantitative estimate of drug-likeness (QED) is 0.622. The summed E-state index contributed by atoms with van der Waals surface area (Å²) in [5.74, 6) is -0.856. The number of halogens is 3. The molecule has 4 rings (SSSR count). The number of carbonyl (C=O) groups is 3. The molecular weight excluding hydrogens is 451 g/mol. The van der Waals surface area contributed by atoms with E-state index in [1.807, 2.05) is 0 Å². The first-order chi connectivity index (χ1) is 16.2. The summed E-state index contributed by atoms with van der Waals surface area (Å²) in [6.45, 7) is -0.188. The van der Waals surface area contributed by atoms with Crippen LogP contribution in [0.15, 0.2) is 42.5 Å². The van der Waals surface area contributed by atoms with Crippen LogP contribution >= 0.6 is 0 Å². The van der Waals surface area contributed by atoms with Crippen LogP contribution < -0.4 is 4.74 Å². The fourth-order valence-corrected chi connectivity index (χ4v) is 4.34. The number of rotatable bonds is 5. The van der Waals surface area contributed by atoms with E-state index in [-0.39, 0.29) is 37.6 Å². The summed E-state index contributed by atoms with van der Waals surface area (Å²) in [5.41, 5.74) is 1.48. The molecule has 2 aromatic carbocycles. The molecule has 0 bridgehead atoms. The third-order valence-electron chi connectivity index (χ3n) is 5.99. The van der Waals surface area contributed by atoms with Gasteiger partial charge in [0.05, 0.1) is 36.9 Å². The lowest BCUT2D eigenvalue weighted by Gasteiger charge is -2.24. The molecule has 2 aliphatic heterocycles. The highest BCUT2D eigenvalue weighted by atomic mass is 19.4. The van der Waals surface area contributed by atoms with Gasteiger partial charge >= 0.3 is 6.18 Å². The van der Waals surface area contributed by atoms with Crippen molar-refractivity contribution in [2.45, 2.75) is 19.1 Å². The number of hydrogen-bond acceptors (Lipinski definition) is 5. The molecule has 1 fully saturated rings. The maximum Gasteiger partial charge on any atom is 0.401 e. The fraction of sp³-hybridized carbons (Fsp3) is 0.375. The van der Waals surface area contributed by atoms with Gasteiger partial charge in [-0.1, -0.05) is 18.2 Å². The maximum absolute atomic E-state index is 13.3. The summed E-state index contributed by atoms with van der Waals surface area (Å²) in [6, 6.07) is 11.4. The zero-order valence-corrected chi connectivity index (χ0v) is 18.6. The van der Waals surface area contributed by atoms with E-state index in [0.29, 0.717) is 35.4 Å². The SMILES string of the molecule is COc1ccc(CN2C(=O)c3ccccc3C2=O)cc1C(=O)N1CCCN(CC(F)(F)F)CC1. The molecule has 2 aromatic rings. The van der Waals surface area contributed by atoms with Crippen molar-refractivity contribution in [1.29, 1.82) is 0 Å². The van der Waals surface area contributed by atoms with Gasteiger partial charge in [0, 0.05) is 26.2 Å². The Labute approximate surface area is 194 Å². The molecular formula is C24H24F3N3O4. The monoisotopic (exact) mass is 475 g/mol. The average molecular weight is 475 g/mol. The van der Waals surface area contributed by atoms with Crippen LogP contribution in [-0.2, 0) is 6.54 Å². The number of fused-ring (bicyclic) bond motifs is 1. The van der Waals surface area contributed by atoms with Gasteiger partial charge in [-0.25, -0.2) is 0 Å². The molecule has 10 heteroatoms. The molecule has 0 radical (unpaired) electrons. The first-order valence-corrected chi connectivity index (χ1v) is 10.9. The Hall–Kier alpha value is -3.40. The number of alkyl halides is 3. The van der Waals surface area contributed by atoms with Gasteiger partial charge in [-0.2, -0.15) is 13.2 Å². The van der Waals surface area contributed by atoms with Gasteiger partial charge in [0.15, 0.2) is 0 Å². The molecule has 2 aliphatic rings. The van der Waals surface area contributed by atoms with E-state index in [0.717, 1.165) is 4.90 Å². The first kappa shape index (κ1) is 23.7. The fourth-order valence-electron chi connectivity index (χ4n) is 4.34. The number of amides is 3. The summed E-state index contributed by atoms with van der Waals surface area (Å²) in [7, 11) is 1.42. The van der Waals surface area contributed by atoms with E-state index in [9.17, 15) is 27.6 Å². The lowest BCUT2D eigenvalue weighted by atomic mass is 10.1. The highest BCUT2D eigenvalue weighted by Gasteiger charge is 2.35. The van der Waals surface area contributed by atoms with Crippen LogP contribution in [0.5, 0.6) is 5.75 Å². The molecule has 2 heterocycles. The van der Waals surface area contributed by atoms with E-state index in [1.54, 1.807) is 42.5 Å². The number of hydrogen-bond donors (Lipinski definition) is 0. The van der Waals surface area contributed by atoms with Gasteiger partial charge in [-0.3, -0.25) is 24.2 Å². The van der Waals surface area contributed by atoms with E-state index >= 15 is 0 Å². The van der Waals surface area contributed by atoms with Crippen LogP contribution in [0.4, 0.5) is 13.2 Å². The van der Waals surface area contributed by atoms with Gasteiger partial charge in [0.1, 0.15) is 5.75 Å². The van der Waals surface area contributed by atoms with Gasteiger partial charge in [-0.15, -0.1) is 0 Å². The highest BCUT2D eigenvalue weighted by molar-refractivity contribution is 6.21. The summed E-state index contributed by atoms with van der Waals surface area (Å²) in [4.78, 5) is 42.6. The summed E-state index contributed by atoms with van der Waals surface area (Å²) in [6.07, 6.45) is -3.88. The standard InChI is InChI=1S/C24H24F3N3O4/c1-34-20-8-7-16(14-30-22(32)17-5-2-3-6-18(17)23(30)33)13-19(20)21(31)29-10-4-9-28(11-12-29)15-24(25,26)27/h2-3,5-8,13H,4,9-12,14-15H2,1H3. The molecule has 0 spiro atoms. The molecule has 0 unspecified atom stereocenters. The molecule has 34 heavy (non-hydrogen) atoms. The van der Waals surface area contributed by atoms with Crippen LogP contribution in [0.2, 0.25) is 0 Å². The molecule has 180 valence electrons. The Balaban J connectivity index is 1.51. The van der Waals surface area contributed by atoms with Crippen molar-refractivity contribution in [1.82, 2.24) is 14.7 Å². The van der Waals surface area contributed by atoms with Gasteiger partial charge in [-0.05, 0) is 36.2 Å². The van der Waals surface area contributed by atoms with Crippen LogP contribution in [-0.4, -0.2) is 78.4 Å². The van der Waals surface area contributed by atoms with Crippen molar-refractivity contribution in [2.75, 3.05) is 39.8 Å². The summed E-state index contributed by atoms with van der Waals surface area (Å²) in [5, 5.41) is 0. The zero-order chi connectivity index (χ0) is 24.5. The predicted octanol–water partition coefficient (Wildman–Crippen LogP) is 3.20.